The fourth-order valence-electron chi connectivity index (χ4n) is 3.43. The average Bonchev–Trinajstić information content (AvgIpc) is 2.77. The predicted molar refractivity (Wildman–Crippen MR) is 112 cm³/mol. The Hall–Kier alpha value is -3.67. The van der Waals surface area contributed by atoms with Crippen molar-refractivity contribution in [2.45, 2.75) is 13.1 Å². The van der Waals surface area contributed by atoms with Gasteiger partial charge in [0.15, 0.2) is 6.61 Å². The van der Waals surface area contributed by atoms with Crippen LogP contribution < -0.4 is 9.64 Å². The molecule has 1 aliphatic heterocycles. The van der Waals surface area contributed by atoms with Crippen molar-refractivity contribution in [3.63, 3.8) is 0 Å². The lowest BCUT2D eigenvalue weighted by Crippen LogP contribution is -2.38. The summed E-state index contributed by atoms with van der Waals surface area (Å²) < 4.78 is 18.7. The number of carbonyl (C=O) groups excluding carboxylic acids is 2. The largest absolute Gasteiger partial charge is 0.482 e. The summed E-state index contributed by atoms with van der Waals surface area (Å²) in [5, 5.41) is 0. The molecule has 0 saturated carbocycles. The average molecular weight is 404 g/mol. The summed E-state index contributed by atoms with van der Waals surface area (Å²) >= 11 is 0. The molecule has 0 unspecified atom stereocenters. The third kappa shape index (κ3) is 4.17. The molecule has 152 valence electrons. The van der Waals surface area contributed by atoms with Crippen LogP contribution in [0.25, 0.3) is 0 Å². The maximum Gasteiger partial charge on any atom is 0.265 e. The molecule has 0 bridgehead atoms. The standard InChI is InChI=1S/C24H21FN2O3/c1-26(14-17-5-3-2-4-6-17)24(29)19-9-12-22-21(13-19)27(23(28)16-30-22)15-18-7-10-20(25)11-8-18/h2-13H,14-16H2,1H3. The molecule has 1 aliphatic rings. The van der Waals surface area contributed by atoms with Gasteiger partial charge in [-0.2, -0.15) is 0 Å². The van der Waals surface area contributed by atoms with Crippen LogP contribution in [0.3, 0.4) is 0 Å². The van der Waals surface area contributed by atoms with Gasteiger partial charge in [-0.3, -0.25) is 9.59 Å². The van der Waals surface area contributed by atoms with Crippen molar-refractivity contribution >= 4 is 17.5 Å². The Morgan fingerprint density at radius 2 is 1.77 bits per heavy atom. The minimum atomic E-state index is -0.332. The molecular formula is C24H21FN2O3. The molecule has 0 atom stereocenters. The second-order valence-corrected chi connectivity index (χ2v) is 7.22. The van der Waals surface area contributed by atoms with E-state index in [-0.39, 0.29) is 30.8 Å². The van der Waals surface area contributed by atoms with Gasteiger partial charge in [-0.25, -0.2) is 4.39 Å². The number of halogens is 1. The summed E-state index contributed by atoms with van der Waals surface area (Å²) in [6, 6.07) is 20.8. The van der Waals surface area contributed by atoms with Crippen molar-refractivity contribution in [2.24, 2.45) is 0 Å². The number of carbonyl (C=O) groups is 2. The lowest BCUT2D eigenvalue weighted by atomic mass is 10.1. The molecule has 30 heavy (non-hydrogen) atoms. The Kier molecular flexibility index (Phi) is 5.48. The number of amides is 2. The van der Waals surface area contributed by atoms with Crippen molar-refractivity contribution < 1.29 is 18.7 Å². The molecule has 2 amide bonds. The monoisotopic (exact) mass is 404 g/mol. The highest BCUT2D eigenvalue weighted by atomic mass is 19.1. The molecular weight excluding hydrogens is 383 g/mol. The van der Waals surface area contributed by atoms with Crippen LogP contribution in [0.4, 0.5) is 10.1 Å². The van der Waals surface area contributed by atoms with Crippen LogP contribution >= 0.6 is 0 Å². The van der Waals surface area contributed by atoms with Gasteiger partial charge in [-0.15, -0.1) is 0 Å². The van der Waals surface area contributed by atoms with Gasteiger partial charge < -0.3 is 14.5 Å². The van der Waals surface area contributed by atoms with E-state index in [1.807, 2.05) is 30.3 Å². The van der Waals surface area contributed by atoms with E-state index in [1.165, 1.54) is 12.1 Å². The number of anilines is 1. The first-order chi connectivity index (χ1) is 14.5. The van der Waals surface area contributed by atoms with Gasteiger partial charge in [0.05, 0.1) is 12.2 Å². The number of fused-ring (bicyclic) bond motifs is 1. The zero-order chi connectivity index (χ0) is 21.1. The molecule has 0 radical (unpaired) electrons. The Labute approximate surface area is 174 Å². The lowest BCUT2D eigenvalue weighted by molar-refractivity contribution is -0.121. The smallest absolute Gasteiger partial charge is 0.265 e. The Morgan fingerprint density at radius 3 is 2.50 bits per heavy atom. The molecule has 4 rings (SSSR count). The van der Waals surface area contributed by atoms with Crippen LogP contribution in [0, 0.1) is 5.82 Å². The fourth-order valence-corrected chi connectivity index (χ4v) is 3.43. The normalized spacial score (nSPS) is 12.9. The van der Waals surface area contributed by atoms with Gasteiger partial charge >= 0.3 is 0 Å². The molecule has 0 spiro atoms. The molecule has 5 nitrogen and oxygen atoms in total. The topological polar surface area (TPSA) is 49.9 Å². The third-order valence-electron chi connectivity index (χ3n) is 5.01. The van der Waals surface area contributed by atoms with Gasteiger partial charge in [0.2, 0.25) is 0 Å². The maximum atomic E-state index is 13.2. The van der Waals surface area contributed by atoms with Crippen LogP contribution in [-0.2, 0) is 17.9 Å². The Balaban J connectivity index is 1.58. The summed E-state index contributed by atoms with van der Waals surface area (Å²) in [6.07, 6.45) is 0. The van der Waals surface area contributed by atoms with Gasteiger partial charge in [-0.1, -0.05) is 42.5 Å². The van der Waals surface area contributed by atoms with Gasteiger partial charge in [-0.05, 0) is 41.5 Å². The molecule has 0 fully saturated rings. The molecule has 6 heteroatoms. The zero-order valence-electron chi connectivity index (χ0n) is 16.5. The Morgan fingerprint density at radius 1 is 1.03 bits per heavy atom. The van der Waals surface area contributed by atoms with E-state index < -0.39 is 0 Å². The number of ether oxygens (including phenoxy) is 1. The summed E-state index contributed by atoms with van der Waals surface area (Å²) in [5.74, 6) is -0.156. The van der Waals surface area contributed by atoms with Crippen molar-refractivity contribution in [3.8, 4) is 5.75 Å². The molecule has 0 aromatic heterocycles. The highest BCUT2D eigenvalue weighted by Crippen LogP contribution is 2.34. The van der Waals surface area contributed by atoms with E-state index in [9.17, 15) is 14.0 Å². The van der Waals surface area contributed by atoms with Crippen LogP contribution in [0.2, 0.25) is 0 Å². The summed E-state index contributed by atoms with van der Waals surface area (Å²) in [7, 11) is 1.74. The lowest BCUT2D eigenvalue weighted by Gasteiger charge is -2.30. The van der Waals surface area contributed by atoms with E-state index in [4.69, 9.17) is 4.74 Å². The van der Waals surface area contributed by atoms with Gasteiger partial charge in [0.25, 0.3) is 11.8 Å². The molecule has 0 aliphatic carbocycles. The van der Waals surface area contributed by atoms with Crippen LogP contribution in [0.15, 0.2) is 72.8 Å². The first kappa shape index (κ1) is 19.6. The number of hydrogen-bond acceptors (Lipinski definition) is 3. The summed E-state index contributed by atoms with van der Waals surface area (Å²) in [6.45, 7) is 0.674. The second-order valence-electron chi connectivity index (χ2n) is 7.22. The van der Waals surface area contributed by atoms with Gasteiger partial charge in [0, 0.05) is 19.2 Å². The first-order valence-electron chi connectivity index (χ1n) is 9.62. The third-order valence-corrected chi connectivity index (χ3v) is 5.01. The minimum absolute atomic E-state index is 0.0740. The van der Waals surface area contributed by atoms with Crippen molar-refractivity contribution in [1.29, 1.82) is 0 Å². The summed E-state index contributed by atoms with van der Waals surface area (Å²) in [5.41, 5.74) is 2.82. The molecule has 3 aromatic rings. The highest BCUT2D eigenvalue weighted by Gasteiger charge is 2.27. The molecule has 0 N–H and O–H groups in total. The van der Waals surface area contributed by atoms with Crippen LogP contribution in [0.5, 0.6) is 5.75 Å². The van der Waals surface area contributed by atoms with Crippen LogP contribution in [-0.4, -0.2) is 30.4 Å². The van der Waals surface area contributed by atoms with E-state index in [0.717, 1.165) is 11.1 Å². The molecule has 1 heterocycles. The molecule has 3 aromatic carbocycles. The number of rotatable bonds is 5. The fraction of sp³-hybridized carbons (Fsp3) is 0.167. The maximum absolute atomic E-state index is 13.2. The predicted octanol–water partition coefficient (Wildman–Crippen LogP) is 4.02. The number of hydrogen-bond donors (Lipinski definition) is 0. The van der Waals surface area contributed by atoms with Crippen molar-refractivity contribution in [2.75, 3.05) is 18.6 Å². The van der Waals surface area contributed by atoms with Crippen molar-refractivity contribution in [1.82, 2.24) is 4.90 Å². The number of nitrogens with zero attached hydrogens (tertiary/aromatic N) is 2. The van der Waals surface area contributed by atoms with Crippen LogP contribution in [0.1, 0.15) is 21.5 Å². The first-order valence-corrected chi connectivity index (χ1v) is 9.62. The van der Waals surface area contributed by atoms with E-state index in [1.54, 1.807) is 47.2 Å². The minimum Gasteiger partial charge on any atom is -0.482 e. The molecule has 0 saturated heterocycles. The highest BCUT2D eigenvalue weighted by molar-refractivity contribution is 6.01. The second kappa shape index (κ2) is 8.37. The quantitative estimate of drug-likeness (QED) is 0.645. The van der Waals surface area contributed by atoms with E-state index in [2.05, 4.69) is 0 Å². The van der Waals surface area contributed by atoms with Gasteiger partial charge in [0.1, 0.15) is 11.6 Å². The number of benzene rings is 3. The Bertz CT molecular complexity index is 1070. The summed E-state index contributed by atoms with van der Waals surface area (Å²) in [4.78, 5) is 28.7. The van der Waals surface area contributed by atoms with E-state index in [0.29, 0.717) is 23.5 Å². The van der Waals surface area contributed by atoms with E-state index >= 15 is 0 Å². The SMILES string of the molecule is CN(Cc1ccccc1)C(=O)c1ccc2c(c1)N(Cc1ccc(F)cc1)C(=O)CO2. The van der Waals surface area contributed by atoms with Crippen molar-refractivity contribution in [3.05, 3.63) is 95.3 Å². The zero-order valence-corrected chi connectivity index (χ0v) is 16.5.